The molecule has 0 aliphatic carbocycles. The Morgan fingerprint density at radius 2 is 1.67 bits per heavy atom. The lowest BCUT2D eigenvalue weighted by molar-refractivity contribution is -0.141. The highest BCUT2D eigenvalue weighted by Crippen LogP contribution is 2.28. The van der Waals surface area contributed by atoms with Crippen molar-refractivity contribution in [1.29, 1.82) is 0 Å². The predicted octanol–water partition coefficient (Wildman–Crippen LogP) is 2.77. The molecule has 1 rings (SSSR count). The average Bonchev–Trinajstić information content (AvgIpc) is 2.29. The van der Waals surface area contributed by atoms with E-state index in [0.717, 1.165) is 11.3 Å². The molecule has 3 nitrogen and oxygen atoms in total. The average molecular weight is 210 g/mol. The van der Waals surface area contributed by atoms with E-state index < -0.39 is 0 Å². The van der Waals surface area contributed by atoms with E-state index in [2.05, 4.69) is 0 Å². The highest BCUT2D eigenvalue weighted by molar-refractivity contribution is 5.34. The van der Waals surface area contributed by atoms with E-state index in [-0.39, 0.29) is 6.29 Å². The minimum atomic E-state index is -0.337. The summed E-state index contributed by atoms with van der Waals surface area (Å²) in [6.07, 6.45) is -0.337. The van der Waals surface area contributed by atoms with Crippen molar-refractivity contribution in [2.24, 2.45) is 0 Å². The van der Waals surface area contributed by atoms with Crippen molar-refractivity contribution in [1.82, 2.24) is 0 Å². The Labute approximate surface area is 91.0 Å². The molecular weight excluding hydrogens is 192 g/mol. The molecule has 0 radical (unpaired) electrons. The third-order valence-corrected chi connectivity index (χ3v) is 2.03. The molecule has 0 N–H and O–H groups in total. The minimum Gasteiger partial charge on any atom is -0.496 e. The molecule has 0 aliphatic heterocycles. The van der Waals surface area contributed by atoms with Crippen molar-refractivity contribution in [2.75, 3.05) is 20.3 Å². The van der Waals surface area contributed by atoms with Crippen LogP contribution in [0.4, 0.5) is 0 Å². The van der Waals surface area contributed by atoms with Gasteiger partial charge in [0.15, 0.2) is 6.29 Å². The van der Waals surface area contributed by atoms with Gasteiger partial charge in [0.25, 0.3) is 0 Å². The van der Waals surface area contributed by atoms with Crippen LogP contribution in [0.5, 0.6) is 5.75 Å². The fourth-order valence-corrected chi connectivity index (χ4v) is 1.39. The molecule has 1 aromatic carbocycles. The number of ether oxygens (including phenoxy) is 3. The number of hydrogen-bond donors (Lipinski definition) is 0. The van der Waals surface area contributed by atoms with Crippen LogP contribution in [0.25, 0.3) is 0 Å². The number of hydrogen-bond acceptors (Lipinski definition) is 3. The molecular formula is C12H18O3. The number of methoxy groups -OCH3 is 1. The number of rotatable bonds is 6. The first kappa shape index (κ1) is 12.0. The molecule has 0 saturated carbocycles. The van der Waals surface area contributed by atoms with Gasteiger partial charge in [-0.05, 0) is 19.9 Å². The lowest BCUT2D eigenvalue weighted by Crippen LogP contribution is -2.10. The SMILES string of the molecule is CCOC(OCC)c1ccccc1OC. The summed E-state index contributed by atoms with van der Waals surface area (Å²) in [5.74, 6) is 0.796. The van der Waals surface area contributed by atoms with Crippen LogP contribution >= 0.6 is 0 Å². The van der Waals surface area contributed by atoms with Gasteiger partial charge in [0.1, 0.15) is 5.75 Å². The Balaban J connectivity index is 2.88. The highest BCUT2D eigenvalue weighted by atomic mass is 16.7. The molecule has 0 aliphatic rings. The van der Waals surface area contributed by atoms with Crippen LogP contribution < -0.4 is 4.74 Å². The Morgan fingerprint density at radius 1 is 1.07 bits per heavy atom. The van der Waals surface area contributed by atoms with E-state index >= 15 is 0 Å². The van der Waals surface area contributed by atoms with Crippen LogP contribution in [-0.4, -0.2) is 20.3 Å². The largest absolute Gasteiger partial charge is 0.496 e. The predicted molar refractivity (Wildman–Crippen MR) is 59.0 cm³/mol. The molecule has 1 aromatic rings. The van der Waals surface area contributed by atoms with Gasteiger partial charge < -0.3 is 14.2 Å². The van der Waals surface area contributed by atoms with Crippen LogP contribution in [0, 0.1) is 0 Å². The fourth-order valence-electron chi connectivity index (χ4n) is 1.39. The van der Waals surface area contributed by atoms with Gasteiger partial charge in [0, 0.05) is 18.8 Å². The van der Waals surface area contributed by atoms with Crippen LogP contribution in [0.1, 0.15) is 25.7 Å². The van der Waals surface area contributed by atoms with E-state index in [1.165, 1.54) is 0 Å². The van der Waals surface area contributed by atoms with Crippen molar-refractivity contribution in [3.05, 3.63) is 29.8 Å². The van der Waals surface area contributed by atoms with Crippen LogP contribution in [-0.2, 0) is 9.47 Å². The monoisotopic (exact) mass is 210 g/mol. The van der Waals surface area contributed by atoms with Crippen LogP contribution in [0.2, 0.25) is 0 Å². The van der Waals surface area contributed by atoms with Gasteiger partial charge in [-0.1, -0.05) is 18.2 Å². The molecule has 0 fully saturated rings. The summed E-state index contributed by atoms with van der Waals surface area (Å²) in [6, 6.07) is 7.73. The maximum atomic E-state index is 5.51. The zero-order valence-electron chi connectivity index (χ0n) is 9.53. The molecule has 0 atom stereocenters. The van der Waals surface area contributed by atoms with Gasteiger partial charge in [-0.3, -0.25) is 0 Å². The smallest absolute Gasteiger partial charge is 0.187 e. The van der Waals surface area contributed by atoms with Crippen molar-refractivity contribution in [2.45, 2.75) is 20.1 Å². The zero-order chi connectivity index (χ0) is 11.1. The van der Waals surface area contributed by atoms with E-state index in [9.17, 15) is 0 Å². The summed E-state index contributed by atoms with van der Waals surface area (Å²) in [5, 5.41) is 0. The van der Waals surface area contributed by atoms with Gasteiger partial charge in [0.05, 0.1) is 7.11 Å². The molecule has 0 unspecified atom stereocenters. The third-order valence-electron chi connectivity index (χ3n) is 2.03. The van der Waals surface area contributed by atoms with E-state index in [1.54, 1.807) is 7.11 Å². The van der Waals surface area contributed by atoms with Gasteiger partial charge >= 0.3 is 0 Å². The topological polar surface area (TPSA) is 27.7 Å². The Kier molecular flexibility index (Phi) is 5.15. The summed E-state index contributed by atoms with van der Waals surface area (Å²) < 4.78 is 16.3. The molecule has 15 heavy (non-hydrogen) atoms. The fraction of sp³-hybridized carbons (Fsp3) is 0.500. The summed E-state index contributed by atoms with van der Waals surface area (Å²) in [6.45, 7) is 5.12. The molecule has 0 spiro atoms. The third kappa shape index (κ3) is 3.22. The molecule has 84 valence electrons. The summed E-state index contributed by atoms with van der Waals surface area (Å²) in [5.41, 5.74) is 0.934. The standard InChI is InChI=1S/C12H18O3/c1-4-14-12(15-5-2)10-8-6-7-9-11(10)13-3/h6-9,12H,4-5H2,1-3H3. The summed E-state index contributed by atoms with van der Waals surface area (Å²) in [4.78, 5) is 0. The van der Waals surface area contributed by atoms with Crippen molar-refractivity contribution in [3.63, 3.8) is 0 Å². The lowest BCUT2D eigenvalue weighted by atomic mass is 10.2. The first-order chi connectivity index (χ1) is 7.33. The van der Waals surface area contributed by atoms with E-state index in [1.807, 2.05) is 38.1 Å². The summed E-state index contributed by atoms with van der Waals surface area (Å²) >= 11 is 0. The van der Waals surface area contributed by atoms with E-state index in [0.29, 0.717) is 13.2 Å². The Hall–Kier alpha value is -1.06. The van der Waals surface area contributed by atoms with Crippen LogP contribution in [0.3, 0.4) is 0 Å². The minimum absolute atomic E-state index is 0.337. The number of para-hydroxylation sites is 1. The second kappa shape index (κ2) is 6.43. The Bertz CT molecular complexity index is 280. The van der Waals surface area contributed by atoms with Gasteiger partial charge in [0.2, 0.25) is 0 Å². The van der Waals surface area contributed by atoms with Gasteiger partial charge in [-0.25, -0.2) is 0 Å². The molecule has 0 aromatic heterocycles. The Morgan fingerprint density at radius 3 is 2.20 bits per heavy atom. The normalized spacial score (nSPS) is 10.7. The second-order valence-corrected chi connectivity index (χ2v) is 2.98. The van der Waals surface area contributed by atoms with Crippen LogP contribution in [0.15, 0.2) is 24.3 Å². The highest BCUT2D eigenvalue weighted by Gasteiger charge is 2.15. The molecule has 3 heteroatoms. The van der Waals surface area contributed by atoms with Crippen molar-refractivity contribution in [3.8, 4) is 5.75 Å². The molecule has 0 heterocycles. The first-order valence-electron chi connectivity index (χ1n) is 5.19. The quantitative estimate of drug-likeness (QED) is 0.676. The first-order valence-corrected chi connectivity index (χ1v) is 5.19. The maximum Gasteiger partial charge on any atom is 0.187 e. The summed E-state index contributed by atoms with van der Waals surface area (Å²) in [7, 11) is 1.65. The van der Waals surface area contributed by atoms with E-state index in [4.69, 9.17) is 14.2 Å². The van der Waals surface area contributed by atoms with Gasteiger partial charge in [-0.15, -0.1) is 0 Å². The van der Waals surface area contributed by atoms with Crippen molar-refractivity contribution >= 4 is 0 Å². The lowest BCUT2D eigenvalue weighted by Gasteiger charge is -2.19. The number of benzene rings is 1. The molecule has 0 bridgehead atoms. The molecule has 0 amide bonds. The molecule has 0 saturated heterocycles. The van der Waals surface area contributed by atoms with Gasteiger partial charge in [-0.2, -0.15) is 0 Å². The maximum absolute atomic E-state index is 5.51. The second-order valence-electron chi connectivity index (χ2n) is 2.98. The zero-order valence-corrected chi connectivity index (χ0v) is 9.53. The van der Waals surface area contributed by atoms with Crippen molar-refractivity contribution < 1.29 is 14.2 Å².